The fourth-order valence-corrected chi connectivity index (χ4v) is 6.98. The van der Waals surface area contributed by atoms with E-state index in [9.17, 15) is 14.7 Å². The van der Waals surface area contributed by atoms with Crippen LogP contribution in [0, 0.1) is 0 Å². The van der Waals surface area contributed by atoms with Crippen LogP contribution in [0.4, 0.5) is 14.6 Å². The number of nitrogens with zero attached hydrogens (tertiary/aromatic N) is 2. The molecule has 8 nitrogen and oxygen atoms in total. The molecule has 0 aliphatic carbocycles. The molecule has 2 N–H and O–H groups in total. The molecule has 3 aromatic heterocycles. The molecule has 0 radical (unpaired) electrons. The number of halogens is 1. The summed E-state index contributed by atoms with van der Waals surface area (Å²) >= 11 is 7.64. The molecular formula is C23H30BrN3O5S3. The van der Waals surface area contributed by atoms with Crippen LogP contribution in [0.2, 0.25) is 0 Å². The summed E-state index contributed by atoms with van der Waals surface area (Å²) in [4.78, 5) is 28.5. The van der Waals surface area contributed by atoms with Crippen molar-refractivity contribution in [3.8, 4) is 0 Å². The van der Waals surface area contributed by atoms with Crippen molar-refractivity contribution in [2.24, 2.45) is 0 Å². The molecule has 3 rings (SSSR count). The molecule has 1 unspecified atom stereocenters. The Kier molecular flexibility index (Phi) is 8.53. The van der Waals surface area contributed by atoms with E-state index >= 15 is 0 Å². The summed E-state index contributed by atoms with van der Waals surface area (Å²) in [6, 6.07) is 3.28. The van der Waals surface area contributed by atoms with E-state index in [1.807, 2.05) is 38.3 Å². The number of rotatable bonds is 6. The van der Waals surface area contributed by atoms with Crippen LogP contribution in [-0.4, -0.2) is 38.9 Å². The minimum Gasteiger partial charge on any atom is -0.444 e. The zero-order valence-electron chi connectivity index (χ0n) is 20.7. The molecular weight excluding hydrogens is 574 g/mol. The quantitative estimate of drug-likeness (QED) is 0.312. The molecule has 12 heteroatoms. The summed E-state index contributed by atoms with van der Waals surface area (Å²) in [6.07, 6.45) is -2.09. The van der Waals surface area contributed by atoms with E-state index in [1.165, 1.54) is 22.9 Å². The van der Waals surface area contributed by atoms with Crippen LogP contribution in [-0.2, 0) is 16.0 Å². The van der Waals surface area contributed by atoms with Crippen molar-refractivity contribution in [3.63, 3.8) is 0 Å². The summed E-state index contributed by atoms with van der Waals surface area (Å²) in [6.45, 7) is 12.8. The molecule has 192 valence electrons. The molecule has 0 saturated heterocycles. The average molecular weight is 605 g/mol. The second kappa shape index (κ2) is 10.7. The van der Waals surface area contributed by atoms with Gasteiger partial charge >= 0.3 is 12.2 Å². The monoisotopic (exact) mass is 603 g/mol. The van der Waals surface area contributed by atoms with Gasteiger partial charge in [-0.1, -0.05) is 6.07 Å². The number of carbonyl (C=O) groups excluding carboxylic acids is 2. The number of hydrogen-bond acceptors (Lipinski definition) is 9. The Hall–Kier alpha value is -1.73. The minimum atomic E-state index is -1.01. The minimum absolute atomic E-state index is 0.341. The summed E-state index contributed by atoms with van der Waals surface area (Å²) in [5.41, 5.74) is -0.657. The van der Waals surface area contributed by atoms with Crippen molar-refractivity contribution in [2.45, 2.75) is 78.4 Å². The number of aromatic nitrogens is 1. The smallest absolute Gasteiger partial charge is 0.415 e. The van der Waals surface area contributed by atoms with E-state index in [2.05, 4.69) is 25.6 Å². The summed E-state index contributed by atoms with van der Waals surface area (Å²) < 4.78 is 16.9. The fraction of sp³-hybridized carbons (Fsp3) is 0.522. The van der Waals surface area contributed by atoms with Crippen molar-refractivity contribution in [3.05, 3.63) is 31.7 Å². The zero-order valence-corrected chi connectivity index (χ0v) is 24.7. The predicted molar refractivity (Wildman–Crippen MR) is 146 cm³/mol. The van der Waals surface area contributed by atoms with Crippen LogP contribution >= 0.6 is 50.1 Å². The molecule has 35 heavy (non-hydrogen) atoms. The summed E-state index contributed by atoms with van der Waals surface area (Å²) in [5.74, 6) is 0. The maximum atomic E-state index is 13.2. The third-order valence-electron chi connectivity index (χ3n) is 4.51. The first kappa shape index (κ1) is 27.9. The Bertz CT molecular complexity index is 1180. The molecule has 0 aliphatic rings. The molecule has 3 aromatic rings. The SMILES string of the molecule is C[C@@H](NC(=O)OC(C)(C)C)C(O)c1sc2c(N(Cc3cccs3)C(=O)OC(C)(C)C)snc2c1Br. The van der Waals surface area contributed by atoms with Gasteiger partial charge in [0.2, 0.25) is 0 Å². The number of hydrogen-bond donors (Lipinski definition) is 2. The first-order chi connectivity index (χ1) is 16.2. The lowest BCUT2D eigenvalue weighted by molar-refractivity contribution is 0.0437. The number of ether oxygens (including phenoxy) is 2. The second-order valence-corrected chi connectivity index (χ2v) is 13.6. The maximum Gasteiger partial charge on any atom is 0.415 e. The largest absolute Gasteiger partial charge is 0.444 e. The number of aliphatic hydroxyl groups excluding tert-OH is 1. The molecule has 0 spiro atoms. The van der Waals surface area contributed by atoms with E-state index in [1.54, 1.807) is 43.9 Å². The number of alkyl carbamates (subject to hydrolysis) is 1. The Morgan fingerprint density at radius 2 is 1.86 bits per heavy atom. The van der Waals surface area contributed by atoms with Gasteiger partial charge in [0.1, 0.15) is 27.8 Å². The third-order valence-corrected chi connectivity index (χ3v) is 8.69. The Labute approximate surface area is 225 Å². The van der Waals surface area contributed by atoms with Gasteiger partial charge in [-0.3, -0.25) is 4.90 Å². The number of anilines is 1. The van der Waals surface area contributed by atoms with Gasteiger partial charge in [0.25, 0.3) is 0 Å². The standard InChI is InChI=1S/C23H30BrN3O5S3/c1-12(25-20(29)31-22(2,3)4)16(28)17-14(24)15-18(34-17)19(35-26-15)27(11-13-9-8-10-33-13)21(30)32-23(5,6)7/h8-10,12,16,28H,11H2,1-7H3,(H,25,29)/t12-,16?/m1/s1. The molecule has 0 aliphatic heterocycles. The molecule has 3 heterocycles. The van der Waals surface area contributed by atoms with Crippen LogP contribution in [0.25, 0.3) is 10.2 Å². The van der Waals surface area contributed by atoms with Crippen molar-refractivity contribution >= 4 is 77.5 Å². The number of carbonyl (C=O) groups is 2. The van der Waals surface area contributed by atoms with Crippen LogP contribution in [0.5, 0.6) is 0 Å². The van der Waals surface area contributed by atoms with Crippen molar-refractivity contribution in [1.82, 2.24) is 9.69 Å². The van der Waals surface area contributed by atoms with Crippen LogP contribution in [0.3, 0.4) is 0 Å². The van der Waals surface area contributed by atoms with Crippen molar-refractivity contribution < 1.29 is 24.2 Å². The van der Waals surface area contributed by atoms with Gasteiger partial charge in [-0.25, -0.2) is 9.59 Å². The number of nitrogens with one attached hydrogen (secondary N) is 1. The van der Waals surface area contributed by atoms with Gasteiger partial charge in [-0.15, -0.1) is 22.7 Å². The Morgan fingerprint density at radius 1 is 1.20 bits per heavy atom. The van der Waals surface area contributed by atoms with Crippen molar-refractivity contribution in [1.29, 1.82) is 0 Å². The molecule has 0 fully saturated rings. The lowest BCUT2D eigenvalue weighted by atomic mass is 10.1. The van der Waals surface area contributed by atoms with E-state index in [-0.39, 0.29) is 0 Å². The van der Waals surface area contributed by atoms with Gasteiger partial charge in [-0.2, -0.15) is 4.37 Å². The maximum absolute atomic E-state index is 13.2. The number of amides is 2. The first-order valence-electron chi connectivity index (χ1n) is 10.9. The fourth-order valence-electron chi connectivity index (χ4n) is 3.03. The predicted octanol–water partition coefficient (Wildman–Crippen LogP) is 7.07. The second-order valence-electron chi connectivity index (χ2n) is 9.97. The molecule has 2 amide bonds. The topological polar surface area (TPSA) is 101 Å². The van der Waals surface area contributed by atoms with E-state index in [0.29, 0.717) is 26.4 Å². The number of fused-ring (bicyclic) bond motifs is 1. The van der Waals surface area contributed by atoms with E-state index in [4.69, 9.17) is 9.47 Å². The Balaban J connectivity index is 1.92. The molecule has 2 atom stereocenters. The summed E-state index contributed by atoms with van der Waals surface area (Å²) in [7, 11) is 0. The van der Waals surface area contributed by atoms with Crippen LogP contribution in [0.1, 0.15) is 64.3 Å². The normalized spacial score (nSPS) is 14.0. The molecule has 0 saturated carbocycles. The van der Waals surface area contributed by atoms with E-state index in [0.717, 1.165) is 9.58 Å². The number of aliphatic hydroxyl groups is 1. The van der Waals surface area contributed by atoms with Crippen molar-refractivity contribution in [2.75, 3.05) is 4.90 Å². The Morgan fingerprint density at radius 3 is 2.43 bits per heavy atom. The van der Waals surface area contributed by atoms with Gasteiger partial charge in [0, 0.05) is 4.88 Å². The van der Waals surface area contributed by atoms with Gasteiger partial charge < -0.3 is 19.9 Å². The molecule has 0 bridgehead atoms. The average Bonchev–Trinajstić information content (AvgIpc) is 3.41. The molecule has 0 aromatic carbocycles. The van der Waals surface area contributed by atoms with Crippen LogP contribution < -0.4 is 10.2 Å². The number of thiophene rings is 2. The highest BCUT2D eigenvalue weighted by molar-refractivity contribution is 9.10. The van der Waals surface area contributed by atoms with Gasteiger partial charge in [0.15, 0.2) is 0 Å². The van der Waals surface area contributed by atoms with Gasteiger partial charge in [-0.05, 0) is 87.4 Å². The third kappa shape index (κ3) is 7.16. The highest BCUT2D eigenvalue weighted by Crippen LogP contribution is 2.46. The first-order valence-corrected chi connectivity index (χ1v) is 14.2. The zero-order chi connectivity index (χ0) is 26.1. The summed E-state index contributed by atoms with van der Waals surface area (Å²) in [5, 5.41) is 16.3. The highest BCUT2D eigenvalue weighted by Gasteiger charge is 2.31. The van der Waals surface area contributed by atoms with Gasteiger partial charge in [0.05, 0.1) is 26.6 Å². The highest BCUT2D eigenvalue weighted by atomic mass is 79.9. The van der Waals surface area contributed by atoms with Crippen LogP contribution in [0.15, 0.2) is 22.0 Å². The lowest BCUT2D eigenvalue weighted by Crippen LogP contribution is -2.40. The lowest BCUT2D eigenvalue weighted by Gasteiger charge is -2.26. The van der Waals surface area contributed by atoms with E-state index < -0.39 is 35.5 Å².